The Hall–Kier alpha value is -0.570. The number of hydrogen-bond acceptors (Lipinski definition) is 2. The van der Waals surface area contributed by atoms with Crippen LogP contribution < -0.4 is 0 Å². The van der Waals surface area contributed by atoms with E-state index in [1.54, 1.807) is 18.2 Å². The second-order valence-corrected chi connectivity index (χ2v) is 10.4. The molecule has 1 saturated heterocycles. The first-order chi connectivity index (χ1) is 12.2. The highest BCUT2D eigenvalue weighted by Crippen LogP contribution is 2.61. The van der Waals surface area contributed by atoms with Gasteiger partial charge in [0, 0.05) is 22.0 Å². The zero-order valence-electron chi connectivity index (χ0n) is 16.3. The molecule has 1 heterocycles. The summed E-state index contributed by atoms with van der Waals surface area (Å²) in [5, 5.41) is 1.07. The predicted molar refractivity (Wildman–Crippen MR) is 110 cm³/mol. The lowest BCUT2D eigenvalue weighted by Crippen LogP contribution is -2.37. The van der Waals surface area contributed by atoms with E-state index in [0.717, 1.165) is 12.3 Å². The number of piperidine rings is 1. The van der Waals surface area contributed by atoms with Crippen LogP contribution in [-0.4, -0.2) is 30.3 Å². The Morgan fingerprint density at radius 2 is 1.77 bits per heavy atom. The van der Waals surface area contributed by atoms with Crippen molar-refractivity contribution in [3.8, 4) is 0 Å². The van der Waals surface area contributed by atoms with Crippen LogP contribution in [-0.2, 0) is 0 Å². The molecule has 0 amide bonds. The summed E-state index contributed by atoms with van der Waals surface area (Å²) < 4.78 is 0. The topological polar surface area (TPSA) is 20.3 Å². The maximum absolute atomic E-state index is 12.5. The molecule has 2 fully saturated rings. The quantitative estimate of drug-likeness (QED) is 0.512. The van der Waals surface area contributed by atoms with Crippen LogP contribution >= 0.6 is 23.2 Å². The van der Waals surface area contributed by atoms with Gasteiger partial charge in [-0.05, 0) is 86.7 Å². The van der Waals surface area contributed by atoms with E-state index in [4.69, 9.17) is 23.2 Å². The second-order valence-electron chi connectivity index (χ2n) is 9.54. The van der Waals surface area contributed by atoms with Crippen molar-refractivity contribution in [2.75, 3.05) is 19.6 Å². The van der Waals surface area contributed by atoms with Gasteiger partial charge in [-0.25, -0.2) is 0 Å². The lowest BCUT2D eigenvalue weighted by molar-refractivity contribution is 0.0972. The number of carbonyl (C=O) groups excluding carboxylic acids is 1. The minimum absolute atomic E-state index is 0.166. The van der Waals surface area contributed by atoms with E-state index in [0.29, 0.717) is 32.9 Å². The zero-order valence-corrected chi connectivity index (χ0v) is 17.8. The van der Waals surface area contributed by atoms with Crippen LogP contribution in [0.2, 0.25) is 10.0 Å². The number of Topliss-reactive ketones (excluding diaryl/α,β-unsaturated/α-hetero) is 1. The van der Waals surface area contributed by atoms with E-state index in [1.165, 1.54) is 45.3 Å². The lowest BCUT2D eigenvalue weighted by Gasteiger charge is -2.34. The number of carbonyl (C=O) groups is 1. The third-order valence-corrected chi connectivity index (χ3v) is 6.73. The van der Waals surface area contributed by atoms with Gasteiger partial charge in [-0.15, -0.1) is 0 Å². The standard InChI is InChI=1S/C22H31Cl2NO/c1-21(2,3)6-9-25-10-7-22(8-11-25)15-17(22)4-5-20(26)16-12-18(23)14-19(24)13-16/h12-14,17H,4-11,15H2,1-3H3. The fraction of sp³-hybridized carbons (Fsp3) is 0.682. The minimum atomic E-state index is 0.166. The van der Waals surface area contributed by atoms with Crippen molar-refractivity contribution in [2.45, 2.75) is 59.3 Å². The van der Waals surface area contributed by atoms with Gasteiger partial charge in [0.1, 0.15) is 0 Å². The summed E-state index contributed by atoms with van der Waals surface area (Å²) in [6, 6.07) is 5.13. The first kappa shape index (κ1) is 20.2. The smallest absolute Gasteiger partial charge is 0.162 e. The molecule has 0 radical (unpaired) electrons. The molecule has 3 rings (SSSR count). The van der Waals surface area contributed by atoms with Gasteiger partial charge in [0.2, 0.25) is 0 Å². The molecular formula is C22H31Cl2NO. The van der Waals surface area contributed by atoms with E-state index in [-0.39, 0.29) is 5.78 Å². The number of rotatable bonds is 6. The van der Waals surface area contributed by atoms with Gasteiger partial charge in [0.25, 0.3) is 0 Å². The van der Waals surface area contributed by atoms with Crippen molar-refractivity contribution >= 4 is 29.0 Å². The Bertz CT molecular complexity index is 636. The Balaban J connectivity index is 1.43. The molecule has 0 aromatic heterocycles. The van der Waals surface area contributed by atoms with Crippen molar-refractivity contribution in [3.63, 3.8) is 0 Å². The molecule has 1 unspecified atom stereocenters. The molecule has 4 heteroatoms. The molecule has 144 valence electrons. The summed E-state index contributed by atoms with van der Waals surface area (Å²) in [6.07, 6.45) is 6.80. The minimum Gasteiger partial charge on any atom is -0.303 e. The number of halogens is 2. The van der Waals surface area contributed by atoms with Crippen LogP contribution in [0.4, 0.5) is 0 Å². The lowest BCUT2D eigenvalue weighted by atomic mass is 9.87. The third-order valence-electron chi connectivity index (χ3n) is 6.29. The van der Waals surface area contributed by atoms with Crippen molar-refractivity contribution in [1.82, 2.24) is 4.90 Å². The SMILES string of the molecule is CC(C)(C)CCN1CCC2(CC1)CC2CCC(=O)c1cc(Cl)cc(Cl)c1. The Morgan fingerprint density at radius 1 is 1.15 bits per heavy atom. The van der Waals surface area contributed by atoms with Crippen LogP contribution in [0.5, 0.6) is 0 Å². The average molecular weight is 396 g/mol. The number of likely N-dealkylation sites (tertiary alicyclic amines) is 1. The highest BCUT2D eigenvalue weighted by molar-refractivity contribution is 6.35. The second kappa shape index (κ2) is 7.81. The Kier molecular flexibility index (Phi) is 6.06. The highest BCUT2D eigenvalue weighted by Gasteiger charge is 2.53. The molecule has 1 aromatic carbocycles. The van der Waals surface area contributed by atoms with Gasteiger partial charge in [0.15, 0.2) is 5.78 Å². The van der Waals surface area contributed by atoms with Crippen molar-refractivity contribution in [1.29, 1.82) is 0 Å². The summed E-state index contributed by atoms with van der Waals surface area (Å²) in [7, 11) is 0. The Morgan fingerprint density at radius 3 is 2.35 bits per heavy atom. The monoisotopic (exact) mass is 395 g/mol. The van der Waals surface area contributed by atoms with Gasteiger partial charge in [-0.1, -0.05) is 44.0 Å². The summed E-state index contributed by atoms with van der Waals surface area (Å²) in [4.78, 5) is 15.1. The van der Waals surface area contributed by atoms with Gasteiger partial charge in [-0.2, -0.15) is 0 Å². The van der Waals surface area contributed by atoms with Crippen LogP contribution in [0.15, 0.2) is 18.2 Å². The van der Waals surface area contributed by atoms with Gasteiger partial charge < -0.3 is 4.90 Å². The fourth-order valence-corrected chi connectivity index (χ4v) is 4.86. The van der Waals surface area contributed by atoms with E-state index >= 15 is 0 Å². The molecule has 1 atom stereocenters. The molecule has 1 saturated carbocycles. The predicted octanol–water partition coefficient (Wildman–Crippen LogP) is 6.49. The van der Waals surface area contributed by atoms with Gasteiger partial charge in [-0.3, -0.25) is 4.79 Å². The van der Waals surface area contributed by atoms with Gasteiger partial charge in [0.05, 0.1) is 0 Å². The van der Waals surface area contributed by atoms with Crippen molar-refractivity contribution in [3.05, 3.63) is 33.8 Å². The fourth-order valence-electron chi connectivity index (χ4n) is 4.33. The summed E-state index contributed by atoms with van der Waals surface area (Å²) in [6.45, 7) is 10.6. The number of ketones is 1. The first-order valence-electron chi connectivity index (χ1n) is 9.89. The largest absolute Gasteiger partial charge is 0.303 e. The van der Waals surface area contributed by atoms with Crippen molar-refractivity contribution < 1.29 is 4.79 Å². The summed E-state index contributed by atoms with van der Waals surface area (Å²) >= 11 is 12.0. The van der Waals surface area contributed by atoms with Crippen LogP contribution in [0.3, 0.4) is 0 Å². The molecule has 1 aromatic rings. The van der Waals surface area contributed by atoms with Crippen molar-refractivity contribution in [2.24, 2.45) is 16.7 Å². The molecule has 1 spiro atoms. The number of benzene rings is 1. The highest BCUT2D eigenvalue weighted by atomic mass is 35.5. The Labute approximate surface area is 168 Å². The average Bonchev–Trinajstić information content (AvgIpc) is 3.22. The molecular weight excluding hydrogens is 365 g/mol. The molecule has 1 aliphatic carbocycles. The van der Waals surface area contributed by atoms with E-state index < -0.39 is 0 Å². The molecule has 1 aliphatic heterocycles. The normalized spacial score (nSPS) is 22.6. The van der Waals surface area contributed by atoms with E-state index in [2.05, 4.69) is 25.7 Å². The molecule has 0 bridgehead atoms. The maximum atomic E-state index is 12.5. The first-order valence-corrected chi connectivity index (χ1v) is 10.6. The molecule has 26 heavy (non-hydrogen) atoms. The third kappa shape index (κ3) is 5.24. The number of hydrogen-bond donors (Lipinski definition) is 0. The van der Waals surface area contributed by atoms with E-state index in [1.807, 2.05) is 0 Å². The summed E-state index contributed by atoms with van der Waals surface area (Å²) in [5.41, 5.74) is 1.60. The van der Waals surface area contributed by atoms with E-state index in [9.17, 15) is 4.79 Å². The van der Waals surface area contributed by atoms with Crippen LogP contribution in [0.1, 0.15) is 69.7 Å². The van der Waals surface area contributed by atoms with Crippen LogP contribution in [0.25, 0.3) is 0 Å². The van der Waals surface area contributed by atoms with Crippen LogP contribution in [0, 0.1) is 16.7 Å². The van der Waals surface area contributed by atoms with Gasteiger partial charge >= 0.3 is 0 Å². The number of nitrogens with zero attached hydrogens (tertiary/aromatic N) is 1. The maximum Gasteiger partial charge on any atom is 0.162 e. The zero-order chi connectivity index (χ0) is 18.9. The molecule has 0 N–H and O–H groups in total. The molecule has 2 aliphatic rings. The molecule has 2 nitrogen and oxygen atoms in total. The summed E-state index contributed by atoms with van der Waals surface area (Å²) in [5.74, 6) is 0.893.